The summed E-state index contributed by atoms with van der Waals surface area (Å²) >= 11 is 0. The van der Waals surface area contributed by atoms with Gasteiger partial charge in [0.2, 0.25) is 11.8 Å². The minimum Gasteiger partial charge on any atom is -0.372 e. The van der Waals surface area contributed by atoms with E-state index in [2.05, 4.69) is 22.5 Å². The highest BCUT2D eigenvalue weighted by atomic mass is 16.2. The number of amides is 2. The second-order valence-electron chi connectivity index (χ2n) is 7.18. The lowest BCUT2D eigenvalue weighted by atomic mass is 9.99. The maximum atomic E-state index is 12.1. The highest BCUT2D eigenvalue weighted by Crippen LogP contribution is 2.24. The van der Waals surface area contributed by atoms with Crippen molar-refractivity contribution in [2.75, 3.05) is 28.6 Å². The number of anilines is 3. The van der Waals surface area contributed by atoms with E-state index in [1.807, 2.05) is 30.3 Å². The van der Waals surface area contributed by atoms with Gasteiger partial charge in [0.1, 0.15) is 6.42 Å². The summed E-state index contributed by atoms with van der Waals surface area (Å²) in [5.74, 6) is -0.0246. The van der Waals surface area contributed by atoms with Crippen LogP contribution in [0.1, 0.15) is 31.7 Å². The number of carbonyl (C=O) groups is 2. The molecule has 2 amide bonds. The first kappa shape index (κ1) is 19.4. The minimum atomic E-state index is -0.424. The summed E-state index contributed by atoms with van der Waals surface area (Å²) in [5.41, 5.74) is 2.76. The van der Waals surface area contributed by atoms with Crippen LogP contribution in [-0.4, -0.2) is 24.9 Å². The maximum absolute atomic E-state index is 12.1. The van der Waals surface area contributed by atoms with Gasteiger partial charge in [-0.2, -0.15) is 5.26 Å². The van der Waals surface area contributed by atoms with E-state index in [4.69, 9.17) is 5.26 Å². The van der Waals surface area contributed by atoms with Crippen LogP contribution in [0.2, 0.25) is 0 Å². The molecule has 0 unspecified atom stereocenters. The van der Waals surface area contributed by atoms with Gasteiger partial charge in [0.15, 0.2) is 0 Å². The largest absolute Gasteiger partial charge is 0.372 e. The molecule has 0 saturated carbocycles. The van der Waals surface area contributed by atoms with Crippen LogP contribution in [0.4, 0.5) is 17.1 Å². The Labute approximate surface area is 165 Å². The highest BCUT2D eigenvalue weighted by molar-refractivity contribution is 6.08. The fourth-order valence-electron chi connectivity index (χ4n) is 3.25. The predicted molar refractivity (Wildman–Crippen MR) is 110 cm³/mol. The zero-order valence-electron chi connectivity index (χ0n) is 15.9. The molecule has 1 saturated heterocycles. The van der Waals surface area contributed by atoms with E-state index < -0.39 is 5.91 Å². The summed E-state index contributed by atoms with van der Waals surface area (Å²) in [6, 6.07) is 16.3. The number of nitriles is 1. The molecule has 2 N–H and O–H groups in total. The van der Waals surface area contributed by atoms with Crippen LogP contribution in [0.5, 0.6) is 0 Å². The van der Waals surface area contributed by atoms with Crippen molar-refractivity contribution in [2.24, 2.45) is 5.92 Å². The Morgan fingerprint density at radius 2 is 1.68 bits per heavy atom. The standard InChI is InChI=1S/C22H24N4O2/c1-16-9-11-26(12-10-16)20-7-5-18(6-8-20)24-21(27)14-22(28)25-19-4-2-3-17(13-19)15-23/h2-8,13,16H,9-12,14H2,1H3,(H,24,27)(H,25,28). The molecule has 1 aliphatic rings. The third-order valence-corrected chi connectivity index (χ3v) is 4.90. The SMILES string of the molecule is CC1CCN(c2ccc(NC(=O)CC(=O)Nc3cccc(C#N)c3)cc2)CC1. The summed E-state index contributed by atoms with van der Waals surface area (Å²) in [6.07, 6.45) is 2.11. The average molecular weight is 376 g/mol. The van der Waals surface area contributed by atoms with Crippen molar-refractivity contribution >= 4 is 28.9 Å². The third-order valence-electron chi connectivity index (χ3n) is 4.90. The van der Waals surface area contributed by atoms with Crippen LogP contribution in [0.15, 0.2) is 48.5 Å². The Balaban J connectivity index is 1.50. The maximum Gasteiger partial charge on any atom is 0.233 e. The molecule has 0 radical (unpaired) electrons. The Bertz CT molecular complexity index is 878. The van der Waals surface area contributed by atoms with E-state index in [0.717, 1.165) is 24.7 Å². The van der Waals surface area contributed by atoms with Gasteiger partial charge >= 0.3 is 0 Å². The van der Waals surface area contributed by atoms with Crippen molar-refractivity contribution in [3.05, 3.63) is 54.1 Å². The molecule has 1 fully saturated rings. The quantitative estimate of drug-likeness (QED) is 0.778. The molecule has 1 heterocycles. The molecule has 1 aliphatic heterocycles. The van der Waals surface area contributed by atoms with Crippen LogP contribution in [0.3, 0.4) is 0 Å². The van der Waals surface area contributed by atoms with Crippen LogP contribution in [0.25, 0.3) is 0 Å². The lowest BCUT2D eigenvalue weighted by molar-refractivity contribution is -0.123. The summed E-state index contributed by atoms with van der Waals surface area (Å²) < 4.78 is 0. The lowest BCUT2D eigenvalue weighted by Gasteiger charge is -2.32. The van der Waals surface area contributed by atoms with Crippen molar-refractivity contribution < 1.29 is 9.59 Å². The first-order chi connectivity index (χ1) is 13.5. The van der Waals surface area contributed by atoms with Crippen molar-refractivity contribution in [1.82, 2.24) is 0 Å². The molecule has 2 aromatic carbocycles. The van der Waals surface area contributed by atoms with Gasteiger partial charge in [0, 0.05) is 30.2 Å². The van der Waals surface area contributed by atoms with Gasteiger partial charge in [0.25, 0.3) is 0 Å². The summed E-state index contributed by atoms with van der Waals surface area (Å²) in [6.45, 7) is 4.40. The Morgan fingerprint density at radius 1 is 1.04 bits per heavy atom. The molecule has 144 valence electrons. The topological polar surface area (TPSA) is 85.2 Å². The summed E-state index contributed by atoms with van der Waals surface area (Å²) in [4.78, 5) is 26.5. The van der Waals surface area contributed by atoms with Gasteiger partial charge in [-0.25, -0.2) is 0 Å². The molecule has 0 spiro atoms. The number of nitrogens with one attached hydrogen (secondary N) is 2. The molecule has 0 bridgehead atoms. The van der Waals surface area contributed by atoms with Crippen LogP contribution >= 0.6 is 0 Å². The second-order valence-corrected chi connectivity index (χ2v) is 7.18. The fourth-order valence-corrected chi connectivity index (χ4v) is 3.25. The smallest absolute Gasteiger partial charge is 0.233 e. The van der Waals surface area contributed by atoms with Crippen molar-refractivity contribution in [2.45, 2.75) is 26.2 Å². The Morgan fingerprint density at radius 3 is 2.32 bits per heavy atom. The fraction of sp³-hybridized carbons (Fsp3) is 0.318. The molecule has 3 rings (SSSR count). The summed E-state index contributed by atoms with van der Waals surface area (Å²) in [7, 11) is 0. The van der Waals surface area contributed by atoms with E-state index in [-0.39, 0.29) is 12.3 Å². The summed E-state index contributed by atoms with van der Waals surface area (Å²) in [5, 5.41) is 14.3. The normalized spacial score (nSPS) is 14.2. The van der Waals surface area contributed by atoms with Gasteiger partial charge in [0.05, 0.1) is 11.6 Å². The number of nitrogens with zero attached hydrogens (tertiary/aromatic N) is 2. The Hall–Kier alpha value is -3.33. The zero-order chi connectivity index (χ0) is 19.9. The minimum absolute atomic E-state index is 0.289. The number of carbonyl (C=O) groups excluding carboxylic acids is 2. The van der Waals surface area contributed by atoms with E-state index in [9.17, 15) is 9.59 Å². The molecule has 0 aromatic heterocycles. The number of benzene rings is 2. The van der Waals surface area contributed by atoms with Crippen molar-refractivity contribution in [1.29, 1.82) is 5.26 Å². The second kappa shape index (κ2) is 9.05. The predicted octanol–water partition coefficient (Wildman–Crippen LogP) is 3.76. The van der Waals surface area contributed by atoms with Gasteiger partial charge in [-0.1, -0.05) is 13.0 Å². The lowest BCUT2D eigenvalue weighted by Crippen LogP contribution is -2.32. The molecule has 0 aliphatic carbocycles. The van der Waals surface area contributed by atoms with Crippen LogP contribution in [0, 0.1) is 17.2 Å². The molecule has 0 atom stereocenters. The zero-order valence-corrected chi connectivity index (χ0v) is 15.9. The van der Waals surface area contributed by atoms with Gasteiger partial charge < -0.3 is 15.5 Å². The van der Waals surface area contributed by atoms with E-state index in [0.29, 0.717) is 16.9 Å². The van der Waals surface area contributed by atoms with Gasteiger partial charge in [-0.3, -0.25) is 9.59 Å². The van der Waals surface area contributed by atoms with Crippen LogP contribution in [-0.2, 0) is 9.59 Å². The molecular formula is C22H24N4O2. The number of piperidine rings is 1. The Kier molecular flexibility index (Phi) is 6.28. The number of hydrogen-bond acceptors (Lipinski definition) is 4. The molecular weight excluding hydrogens is 352 g/mol. The van der Waals surface area contributed by atoms with E-state index in [1.165, 1.54) is 12.8 Å². The number of rotatable bonds is 5. The molecule has 28 heavy (non-hydrogen) atoms. The monoisotopic (exact) mass is 376 g/mol. The molecule has 6 nitrogen and oxygen atoms in total. The first-order valence-electron chi connectivity index (χ1n) is 9.48. The molecule has 6 heteroatoms. The average Bonchev–Trinajstić information content (AvgIpc) is 2.69. The van der Waals surface area contributed by atoms with Crippen molar-refractivity contribution in [3.63, 3.8) is 0 Å². The van der Waals surface area contributed by atoms with Gasteiger partial charge in [-0.15, -0.1) is 0 Å². The third kappa shape index (κ3) is 5.34. The first-order valence-corrected chi connectivity index (χ1v) is 9.48. The molecule has 2 aromatic rings. The highest BCUT2D eigenvalue weighted by Gasteiger charge is 2.16. The van der Waals surface area contributed by atoms with Crippen LogP contribution < -0.4 is 15.5 Å². The van der Waals surface area contributed by atoms with E-state index >= 15 is 0 Å². The van der Waals surface area contributed by atoms with Crippen molar-refractivity contribution in [3.8, 4) is 6.07 Å². The van der Waals surface area contributed by atoms with Gasteiger partial charge in [-0.05, 0) is 61.2 Å². The number of hydrogen-bond donors (Lipinski definition) is 2. The van der Waals surface area contributed by atoms with E-state index in [1.54, 1.807) is 24.3 Å².